The first-order valence-electron chi connectivity index (χ1n) is 10.0. The summed E-state index contributed by atoms with van der Waals surface area (Å²) in [5.74, 6) is 1.61. The number of piperidine rings is 1. The lowest BCUT2D eigenvalue weighted by Crippen LogP contribution is -2.45. The van der Waals surface area contributed by atoms with E-state index >= 15 is 0 Å². The lowest BCUT2D eigenvalue weighted by Gasteiger charge is -2.34. The number of aliphatic imine (C=N–C) groups is 1. The van der Waals surface area contributed by atoms with Crippen LogP contribution in [0.4, 0.5) is 0 Å². The van der Waals surface area contributed by atoms with Gasteiger partial charge in [-0.2, -0.15) is 0 Å². The van der Waals surface area contributed by atoms with Gasteiger partial charge in [0.15, 0.2) is 5.96 Å². The van der Waals surface area contributed by atoms with E-state index in [0.717, 1.165) is 43.9 Å². The van der Waals surface area contributed by atoms with Crippen LogP contribution >= 0.6 is 24.0 Å². The summed E-state index contributed by atoms with van der Waals surface area (Å²) in [7, 11) is -0.177. The van der Waals surface area contributed by atoms with Gasteiger partial charge in [-0.05, 0) is 55.5 Å². The molecule has 0 saturated carbocycles. The minimum absolute atomic E-state index is 0. The molecule has 0 aliphatic carbocycles. The Hall–Kier alpha value is -1.65. The van der Waals surface area contributed by atoms with Gasteiger partial charge in [-0.15, -0.1) is 24.0 Å². The van der Waals surface area contributed by atoms with Crippen LogP contribution in [-0.2, 0) is 23.0 Å². The highest BCUT2D eigenvalue weighted by molar-refractivity contribution is 14.0. The Kier molecular flexibility index (Phi) is 9.57. The SMILES string of the molecule is CN=C(NCc1ccc(S(=O)(=O)NC)cc1)N1CCC(Cc2ccccc2)CC1.I. The van der Waals surface area contributed by atoms with Crippen molar-refractivity contribution in [3.8, 4) is 0 Å². The molecule has 0 atom stereocenters. The third-order valence-electron chi connectivity index (χ3n) is 5.45. The normalized spacial score (nSPS) is 15.5. The van der Waals surface area contributed by atoms with Crippen LogP contribution < -0.4 is 10.0 Å². The predicted octanol–water partition coefficient (Wildman–Crippen LogP) is 3.24. The smallest absolute Gasteiger partial charge is 0.240 e. The molecule has 30 heavy (non-hydrogen) atoms. The van der Waals surface area contributed by atoms with Crippen molar-refractivity contribution in [2.75, 3.05) is 27.2 Å². The molecule has 6 nitrogen and oxygen atoms in total. The lowest BCUT2D eigenvalue weighted by molar-refractivity contribution is 0.259. The summed E-state index contributed by atoms with van der Waals surface area (Å²) in [6, 6.07) is 17.6. The van der Waals surface area contributed by atoms with Crippen LogP contribution in [-0.4, -0.2) is 46.5 Å². The van der Waals surface area contributed by atoms with E-state index in [1.54, 1.807) is 19.2 Å². The first kappa shape index (κ1) is 24.6. The summed E-state index contributed by atoms with van der Waals surface area (Å²) in [6.45, 7) is 2.60. The highest BCUT2D eigenvalue weighted by Gasteiger charge is 2.21. The van der Waals surface area contributed by atoms with E-state index in [9.17, 15) is 8.42 Å². The zero-order valence-electron chi connectivity index (χ0n) is 17.5. The quantitative estimate of drug-likeness (QED) is 0.334. The fraction of sp³-hybridized carbons (Fsp3) is 0.409. The maximum Gasteiger partial charge on any atom is 0.240 e. The van der Waals surface area contributed by atoms with Gasteiger partial charge >= 0.3 is 0 Å². The average Bonchev–Trinajstić information content (AvgIpc) is 2.76. The summed E-state index contributed by atoms with van der Waals surface area (Å²) >= 11 is 0. The van der Waals surface area contributed by atoms with Crippen molar-refractivity contribution >= 4 is 40.0 Å². The minimum Gasteiger partial charge on any atom is -0.352 e. The second kappa shape index (κ2) is 11.7. The molecule has 0 aromatic heterocycles. The molecule has 8 heteroatoms. The number of hydrogen-bond acceptors (Lipinski definition) is 3. The molecule has 2 aromatic rings. The molecule has 0 radical (unpaired) electrons. The third kappa shape index (κ3) is 6.68. The number of likely N-dealkylation sites (tertiary alicyclic amines) is 1. The number of hydrogen-bond donors (Lipinski definition) is 2. The predicted molar refractivity (Wildman–Crippen MR) is 133 cm³/mol. The highest BCUT2D eigenvalue weighted by atomic mass is 127. The van der Waals surface area contributed by atoms with Gasteiger partial charge in [0.2, 0.25) is 10.0 Å². The van der Waals surface area contributed by atoms with E-state index < -0.39 is 10.0 Å². The molecule has 1 heterocycles. The largest absolute Gasteiger partial charge is 0.352 e. The first-order chi connectivity index (χ1) is 14.0. The van der Waals surface area contributed by atoms with E-state index in [-0.39, 0.29) is 28.9 Å². The Bertz CT molecular complexity index is 910. The van der Waals surface area contributed by atoms with Crippen molar-refractivity contribution in [3.63, 3.8) is 0 Å². The lowest BCUT2D eigenvalue weighted by atomic mass is 9.90. The Labute approximate surface area is 197 Å². The fourth-order valence-corrected chi connectivity index (χ4v) is 4.44. The van der Waals surface area contributed by atoms with Gasteiger partial charge in [-0.1, -0.05) is 42.5 Å². The van der Waals surface area contributed by atoms with Gasteiger partial charge < -0.3 is 10.2 Å². The molecule has 3 rings (SSSR count). The second-order valence-electron chi connectivity index (χ2n) is 7.37. The van der Waals surface area contributed by atoms with Crippen molar-refractivity contribution < 1.29 is 8.42 Å². The summed E-state index contributed by atoms with van der Waals surface area (Å²) in [5.41, 5.74) is 2.43. The molecule has 1 fully saturated rings. The Morgan fingerprint density at radius 2 is 1.67 bits per heavy atom. The van der Waals surface area contributed by atoms with Crippen molar-refractivity contribution in [1.29, 1.82) is 0 Å². The van der Waals surface area contributed by atoms with E-state index in [4.69, 9.17) is 0 Å². The number of nitrogens with one attached hydrogen (secondary N) is 2. The van der Waals surface area contributed by atoms with E-state index in [1.165, 1.54) is 12.6 Å². The van der Waals surface area contributed by atoms with Crippen LogP contribution in [0.15, 0.2) is 64.5 Å². The van der Waals surface area contributed by atoms with Gasteiger partial charge in [0.05, 0.1) is 4.90 Å². The van der Waals surface area contributed by atoms with Crippen LogP contribution in [0.1, 0.15) is 24.0 Å². The molecular weight excluding hydrogens is 511 g/mol. The Morgan fingerprint density at radius 3 is 2.23 bits per heavy atom. The molecule has 1 saturated heterocycles. The van der Waals surface area contributed by atoms with E-state index in [2.05, 4.69) is 50.3 Å². The summed E-state index contributed by atoms with van der Waals surface area (Å²) in [5, 5.41) is 3.40. The zero-order valence-corrected chi connectivity index (χ0v) is 20.7. The topological polar surface area (TPSA) is 73.8 Å². The zero-order chi connectivity index (χ0) is 20.7. The van der Waals surface area contributed by atoms with E-state index in [0.29, 0.717) is 12.5 Å². The molecule has 0 amide bonds. The Balaban J connectivity index is 0.00000320. The maximum absolute atomic E-state index is 11.8. The molecule has 0 spiro atoms. The van der Waals surface area contributed by atoms with Gasteiger partial charge in [-0.25, -0.2) is 13.1 Å². The van der Waals surface area contributed by atoms with Crippen molar-refractivity contribution in [2.45, 2.75) is 30.7 Å². The molecule has 2 aromatic carbocycles. The summed E-state index contributed by atoms with van der Waals surface area (Å²) in [4.78, 5) is 7.01. The maximum atomic E-state index is 11.8. The van der Waals surface area contributed by atoms with Crippen molar-refractivity contribution in [2.24, 2.45) is 10.9 Å². The molecule has 1 aliphatic heterocycles. The molecule has 0 bridgehead atoms. The molecule has 164 valence electrons. The van der Waals surface area contributed by atoms with Crippen molar-refractivity contribution in [3.05, 3.63) is 65.7 Å². The number of sulfonamides is 1. The minimum atomic E-state index is -3.40. The van der Waals surface area contributed by atoms with Crippen molar-refractivity contribution in [1.82, 2.24) is 14.9 Å². The Morgan fingerprint density at radius 1 is 1.03 bits per heavy atom. The summed E-state index contributed by atoms with van der Waals surface area (Å²) in [6.07, 6.45) is 3.46. The van der Waals surface area contributed by atoms with Gasteiger partial charge in [-0.3, -0.25) is 4.99 Å². The number of guanidine groups is 1. The van der Waals surface area contributed by atoms with Gasteiger partial charge in [0, 0.05) is 26.7 Å². The monoisotopic (exact) mass is 542 g/mol. The average molecular weight is 542 g/mol. The molecule has 0 unspecified atom stereocenters. The highest BCUT2D eigenvalue weighted by Crippen LogP contribution is 2.21. The van der Waals surface area contributed by atoms with Crippen LogP contribution in [0.3, 0.4) is 0 Å². The van der Waals surface area contributed by atoms with Crippen LogP contribution in [0.5, 0.6) is 0 Å². The number of rotatable bonds is 6. The van der Waals surface area contributed by atoms with Crippen LogP contribution in [0.2, 0.25) is 0 Å². The number of halogens is 1. The fourth-order valence-electron chi connectivity index (χ4n) is 3.71. The molecule has 1 aliphatic rings. The van der Waals surface area contributed by atoms with Gasteiger partial charge in [0.1, 0.15) is 0 Å². The second-order valence-corrected chi connectivity index (χ2v) is 9.26. The number of benzene rings is 2. The standard InChI is InChI=1S/C22H30N4O2S.HI/c1-23-22(25-17-20-8-10-21(11-9-20)29(27,28)24-2)26-14-12-19(13-15-26)16-18-6-4-3-5-7-18;/h3-11,19,24H,12-17H2,1-2H3,(H,23,25);1H. The molecule has 2 N–H and O–H groups in total. The third-order valence-corrected chi connectivity index (χ3v) is 6.88. The summed E-state index contributed by atoms with van der Waals surface area (Å²) < 4.78 is 26.0. The van der Waals surface area contributed by atoms with Crippen LogP contribution in [0.25, 0.3) is 0 Å². The molecular formula is C22H31IN4O2S. The van der Waals surface area contributed by atoms with E-state index in [1.807, 2.05) is 12.1 Å². The number of nitrogens with zero attached hydrogens (tertiary/aromatic N) is 2. The van der Waals surface area contributed by atoms with Crippen LogP contribution in [0, 0.1) is 5.92 Å². The van der Waals surface area contributed by atoms with Gasteiger partial charge in [0.25, 0.3) is 0 Å². The first-order valence-corrected chi connectivity index (χ1v) is 11.5.